The van der Waals surface area contributed by atoms with Crippen molar-refractivity contribution < 1.29 is 4.42 Å². The Labute approximate surface area is 99.6 Å². The number of benzene rings is 2. The quantitative estimate of drug-likeness (QED) is 0.653. The molecule has 3 aromatic rings. The second-order valence-electron chi connectivity index (χ2n) is 3.77. The summed E-state index contributed by atoms with van der Waals surface area (Å²) in [6, 6.07) is 19.9. The summed E-state index contributed by atoms with van der Waals surface area (Å²) in [6.07, 6.45) is 1.69. The minimum Gasteiger partial charge on any atom is -0.444 e. The van der Waals surface area contributed by atoms with Crippen LogP contribution in [0.1, 0.15) is 0 Å². The second kappa shape index (κ2) is 4.26. The fraction of sp³-hybridized carbons (Fsp3) is 0. The molecule has 0 unspecified atom stereocenters. The Morgan fingerprint density at radius 3 is 1.94 bits per heavy atom. The predicted molar refractivity (Wildman–Crippen MR) is 67.4 cm³/mol. The molecule has 0 aliphatic rings. The molecule has 0 aliphatic carbocycles. The van der Waals surface area contributed by atoms with Crippen LogP contribution >= 0.6 is 0 Å². The van der Waals surface area contributed by atoms with Gasteiger partial charge in [-0.15, -0.1) is 0 Å². The van der Waals surface area contributed by atoms with Crippen LogP contribution in [0.25, 0.3) is 22.7 Å². The Morgan fingerprint density at radius 1 is 0.706 bits per heavy atom. The van der Waals surface area contributed by atoms with Crippen molar-refractivity contribution in [3.63, 3.8) is 0 Å². The van der Waals surface area contributed by atoms with E-state index in [1.165, 1.54) is 0 Å². The van der Waals surface area contributed by atoms with Crippen LogP contribution in [-0.4, -0.2) is 4.98 Å². The molecular formula is C15H11NO. The Hall–Kier alpha value is -2.35. The summed E-state index contributed by atoms with van der Waals surface area (Å²) in [5.74, 6) is 0.657. The maximum atomic E-state index is 5.49. The highest BCUT2D eigenvalue weighted by molar-refractivity contribution is 5.62. The minimum absolute atomic E-state index is 0.657. The molecular weight excluding hydrogens is 210 g/mol. The maximum Gasteiger partial charge on any atom is 0.226 e. The normalized spacial score (nSPS) is 10.4. The monoisotopic (exact) mass is 221 g/mol. The second-order valence-corrected chi connectivity index (χ2v) is 3.77. The summed E-state index contributed by atoms with van der Waals surface area (Å²) in [7, 11) is 0. The minimum atomic E-state index is 0.657. The largest absolute Gasteiger partial charge is 0.444 e. The van der Waals surface area contributed by atoms with Gasteiger partial charge in [-0.2, -0.15) is 0 Å². The average Bonchev–Trinajstić information content (AvgIpc) is 2.90. The highest BCUT2D eigenvalue weighted by Crippen LogP contribution is 2.23. The van der Waals surface area contributed by atoms with E-state index in [4.69, 9.17) is 4.42 Å². The molecule has 82 valence electrons. The lowest BCUT2D eigenvalue weighted by Gasteiger charge is -1.93. The van der Waals surface area contributed by atoms with Gasteiger partial charge in [0.1, 0.15) is 12.0 Å². The van der Waals surface area contributed by atoms with Gasteiger partial charge in [0, 0.05) is 11.1 Å². The van der Waals surface area contributed by atoms with Crippen molar-refractivity contribution in [3.05, 3.63) is 66.9 Å². The first-order valence-electron chi connectivity index (χ1n) is 5.50. The molecule has 0 fully saturated rings. The number of rotatable bonds is 2. The van der Waals surface area contributed by atoms with Crippen molar-refractivity contribution in [1.82, 2.24) is 4.98 Å². The van der Waals surface area contributed by atoms with Crippen LogP contribution in [0.2, 0.25) is 0 Å². The topological polar surface area (TPSA) is 26.0 Å². The van der Waals surface area contributed by atoms with Crippen LogP contribution in [0.15, 0.2) is 71.3 Å². The van der Waals surface area contributed by atoms with Gasteiger partial charge in [0.2, 0.25) is 5.89 Å². The first-order chi connectivity index (χ1) is 8.43. The number of oxazole rings is 1. The van der Waals surface area contributed by atoms with Gasteiger partial charge in [0.15, 0.2) is 0 Å². The molecule has 1 aromatic heterocycles. The van der Waals surface area contributed by atoms with Crippen LogP contribution in [-0.2, 0) is 0 Å². The first-order valence-corrected chi connectivity index (χ1v) is 5.50. The Bertz CT molecular complexity index is 545. The molecule has 0 spiro atoms. The van der Waals surface area contributed by atoms with Gasteiger partial charge in [-0.05, 0) is 12.1 Å². The molecule has 0 aliphatic heterocycles. The average molecular weight is 221 g/mol. The van der Waals surface area contributed by atoms with E-state index in [0.29, 0.717) is 5.89 Å². The van der Waals surface area contributed by atoms with Gasteiger partial charge in [-0.25, -0.2) is 4.98 Å². The van der Waals surface area contributed by atoms with E-state index < -0.39 is 0 Å². The highest BCUT2D eigenvalue weighted by atomic mass is 16.3. The number of hydrogen-bond donors (Lipinski definition) is 0. The number of hydrogen-bond acceptors (Lipinski definition) is 2. The third kappa shape index (κ3) is 1.97. The fourth-order valence-electron chi connectivity index (χ4n) is 1.73. The van der Waals surface area contributed by atoms with Crippen molar-refractivity contribution in [3.8, 4) is 22.7 Å². The van der Waals surface area contributed by atoms with E-state index in [1.807, 2.05) is 60.7 Å². The van der Waals surface area contributed by atoms with E-state index in [-0.39, 0.29) is 0 Å². The summed E-state index contributed by atoms with van der Waals surface area (Å²) >= 11 is 0. The summed E-state index contributed by atoms with van der Waals surface area (Å²) in [5, 5.41) is 0. The summed E-state index contributed by atoms with van der Waals surface area (Å²) in [6.45, 7) is 0. The van der Waals surface area contributed by atoms with E-state index in [2.05, 4.69) is 4.98 Å². The molecule has 17 heavy (non-hydrogen) atoms. The first kappa shape index (κ1) is 9.85. The Morgan fingerprint density at radius 2 is 1.29 bits per heavy atom. The summed E-state index contributed by atoms with van der Waals surface area (Å²) < 4.78 is 5.49. The zero-order chi connectivity index (χ0) is 11.5. The third-order valence-electron chi connectivity index (χ3n) is 2.59. The van der Waals surface area contributed by atoms with E-state index in [9.17, 15) is 0 Å². The predicted octanol–water partition coefficient (Wildman–Crippen LogP) is 4.01. The number of aromatic nitrogens is 1. The molecule has 0 N–H and O–H groups in total. The van der Waals surface area contributed by atoms with Gasteiger partial charge >= 0.3 is 0 Å². The van der Waals surface area contributed by atoms with Gasteiger partial charge in [0.25, 0.3) is 0 Å². The molecule has 0 amide bonds. The third-order valence-corrected chi connectivity index (χ3v) is 2.59. The zero-order valence-corrected chi connectivity index (χ0v) is 9.21. The lowest BCUT2D eigenvalue weighted by atomic mass is 10.2. The fourth-order valence-corrected chi connectivity index (χ4v) is 1.73. The zero-order valence-electron chi connectivity index (χ0n) is 9.21. The van der Waals surface area contributed by atoms with E-state index in [0.717, 1.165) is 16.8 Å². The van der Waals surface area contributed by atoms with Crippen LogP contribution in [0.3, 0.4) is 0 Å². The highest BCUT2D eigenvalue weighted by Gasteiger charge is 2.06. The van der Waals surface area contributed by atoms with Crippen molar-refractivity contribution in [2.75, 3.05) is 0 Å². The van der Waals surface area contributed by atoms with Crippen LogP contribution in [0.5, 0.6) is 0 Å². The van der Waals surface area contributed by atoms with Crippen LogP contribution in [0.4, 0.5) is 0 Å². The molecule has 2 nitrogen and oxygen atoms in total. The van der Waals surface area contributed by atoms with Crippen LogP contribution in [0, 0.1) is 0 Å². The Balaban J connectivity index is 1.99. The van der Waals surface area contributed by atoms with Gasteiger partial charge in [-0.1, -0.05) is 48.5 Å². The molecule has 0 saturated carbocycles. The smallest absolute Gasteiger partial charge is 0.226 e. The van der Waals surface area contributed by atoms with Crippen LogP contribution < -0.4 is 0 Å². The molecule has 2 heteroatoms. The maximum absolute atomic E-state index is 5.49. The Kier molecular flexibility index (Phi) is 2.47. The van der Waals surface area contributed by atoms with Gasteiger partial charge in [0.05, 0.1) is 0 Å². The van der Waals surface area contributed by atoms with E-state index in [1.54, 1.807) is 6.26 Å². The lowest BCUT2D eigenvalue weighted by Crippen LogP contribution is -1.78. The molecule has 2 aromatic carbocycles. The summed E-state index contributed by atoms with van der Waals surface area (Å²) in [5.41, 5.74) is 2.93. The van der Waals surface area contributed by atoms with Crippen molar-refractivity contribution >= 4 is 0 Å². The molecule has 1 heterocycles. The molecule has 0 radical (unpaired) electrons. The van der Waals surface area contributed by atoms with Crippen molar-refractivity contribution in [2.45, 2.75) is 0 Å². The van der Waals surface area contributed by atoms with Crippen molar-refractivity contribution in [1.29, 1.82) is 0 Å². The molecule has 0 bridgehead atoms. The standard InChI is InChI=1S/C15H11NO/c1-3-7-12(8-4-1)14-11-17-15(16-14)13-9-5-2-6-10-13/h1-11H. The SMILES string of the molecule is c1ccc(-c2coc(-c3ccccc3)n2)cc1. The lowest BCUT2D eigenvalue weighted by molar-refractivity contribution is 0.575. The van der Waals surface area contributed by atoms with Gasteiger partial charge in [-0.3, -0.25) is 0 Å². The molecule has 0 saturated heterocycles. The molecule has 0 atom stereocenters. The van der Waals surface area contributed by atoms with E-state index >= 15 is 0 Å². The summed E-state index contributed by atoms with van der Waals surface area (Å²) in [4.78, 5) is 4.48. The van der Waals surface area contributed by atoms with Gasteiger partial charge < -0.3 is 4.42 Å². The van der Waals surface area contributed by atoms with Crippen molar-refractivity contribution in [2.24, 2.45) is 0 Å². The number of nitrogens with zero attached hydrogens (tertiary/aromatic N) is 1. The molecule has 3 rings (SSSR count).